The minimum atomic E-state index is -0.697. The van der Waals surface area contributed by atoms with Gasteiger partial charge in [0.25, 0.3) is 5.91 Å². The molecule has 0 saturated carbocycles. The number of pyridine rings is 1. The Morgan fingerprint density at radius 1 is 1.18 bits per heavy atom. The summed E-state index contributed by atoms with van der Waals surface area (Å²) in [5.41, 5.74) is 2.94. The van der Waals surface area contributed by atoms with Crippen LogP contribution in [0.15, 0.2) is 65.3 Å². The fourth-order valence-electron chi connectivity index (χ4n) is 3.94. The van der Waals surface area contributed by atoms with Crippen molar-refractivity contribution in [2.75, 3.05) is 7.11 Å². The van der Waals surface area contributed by atoms with Crippen molar-refractivity contribution in [1.29, 1.82) is 0 Å². The van der Waals surface area contributed by atoms with E-state index < -0.39 is 12.0 Å². The molecule has 1 aliphatic heterocycles. The molecule has 33 heavy (non-hydrogen) atoms. The number of hydrogen-bond acceptors (Lipinski definition) is 5. The molecule has 6 nitrogen and oxygen atoms in total. The molecule has 0 fully saturated rings. The van der Waals surface area contributed by atoms with Gasteiger partial charge in [-0.1, -0.05) is 23.7 Å². The predicted octanol–water partition coefficient (Wildman–Crippen LogP) is 4.66. The minimum Gasteiger partial charge on any atom is -0.465 e. The molecule has 0 unspecified atom stereocenters. The number of Topliss-reactive ketones (excluding diaryl/α,β-unsaturated/α-hetero) is 1. The largest absolute Gasteiger partial charge is 0.465 e. The van der Waals surface area contributed by atoms with E-state index in [4.69, 9.17) is 16.3 Å². The van der Waals surface area contributed by atoms with Gasteiger partial charge in [-0.05, 0) is 69.5 Å². The summed E-state index contributed by atoms with van der Waals surface area (Å²) in [6, 6.07) is 14.9. The number of carbonyl (C=O) groups is 3. The fraction of sp³-hybridized carbons (Fsp3) is 0.200. The zero-order valence-electron chi connectivity index (χ0n) is 17.8. The molecule has 1 amide bonds. The normalized spacial score (nSPS) is 15.7. The average Bonchev–Trinajstić information content (AvgIpc) is 2.89. The van der Waals surface area contributed by atoms with E-state index in [-0.39, 0.29) is 24.7 Å². The number of hydrogen-bond donors (Lipinski definition) is 0. The molecule has 2 heterocycles. The topological polar surface area (TPSA) is 76.6 Å². The molecule has 1 atom stereocenters. The third-order valence-corrected chi connectivity index (χ3v) is 6.48. The molecule has 0 radical (unpaired) electrons. The predicted molar refractivity (Wildman–Crippen MR) is 127 cm³/mol. The van der Waals surface area contributed by atoms with Gasteiger partial charge < -0.3 is 9.64 Å². The van der Waals surface area contributed by atoms with E-state index in [2.05, 4.69) is 20.9 Å². The van der Waals surface area contributed by atoms with Gasteiger partial charge in [-0.15, -0.1) is 0 Å². The summed E-state index contributed by atoms with van der Waals surface area (Å²) in [5.74, 6) is -0.796. The Hall–Kier alpha value is -3.03. The van der Waals surface area contributed by atoms with Gasteiger partial charge in [-0.25, -0.2) is 4.79 Å². The van der Waals surface area contributed by atoms with Crippen LogP contribution in [0.5, 0.6) is 0 Å². The number of esters is 1. The summed E-state index contributed by atoms with van der Waals surface area (Å²) in [5, 5.41) is 0.478. The molecule has 4 rings (SSSR count). The highest BCUT2D eigenvalue weighted by molar-refractivity contribution is 9.10. The molecule has 0 N–H and O–H groups in total. The molecule has 0 spiro atoms. The monoisotopic (exact) mass is 526 g/mol. The van der Waals surface area contributed by atoms with Gasteiger partial charge in [-0.2, -0.15) is 0 Å². The number of rotatable bonds is 5. The van der Waals surface area contributed by atoms with Gasteiger partial charge in [0.2, 0.25) is 0 Å². The molecule has 3 aromatic rings. The highest BCUT2D eigenvalue weighted by Crippen LogP contribution is 2.28. The maximum atomic E-state index is 13.6. The van der Waals surface area contributed by atoms with Crippen molar-refractivity contribution in [2.24, 2.45) is 0 Å². The highest BCUT2D eigenvalue weighted by Gasteiger charge is 2.35. The van der Waals surface area contributed by atoms with Crippen molar-refractivity contribution in [3.63, 3.8) is 0 Å². The Bertz CT molecular complexity index is 1230. The number of amides is 1. The lowest BCUT2D eigenvalue weighted by atomic mass is 9.99. The van der Waals surface area contributed by atoms with Crippen LogP contribution in [0, 0.1) is 0 Å². The molecule has 0 bridgehead atoms. The molecule has 1 aromatic heterocycles. The zero-order chi connectivity index (χ0) is 23.5. The number of ether oxygens (including phenoxy) is 1. The van der Waals surface area contributed by atoms with Crippen LogP contribution in [-0.2, 0) is 28.9 Å². The van der Waals surface area contributed by atoms with E-state index in [1.54, 1.807) is 53.6 Å². The summed E-state index contributed by atoms with van der Waals surface area (Å²) in [6.45, 7) is 0.185. The number of carbonyl (C=O) groups excluding carboxylic acids is 3. The summed E-state index contributed by atoms with van der Waals surface area (Å²) < 4.78 is 5.34. The smallest absolute Gasteiger partial charge is 0.339 e. The second kappa shape index (κ2) is 9.85. The van der Waals surface area contributed by atoms with E-state index in [0.717, 1.165) is 11.3 Å². The Labute approximate surface area is 204 Å². The van der Waals surface area contributed by atoms with E-state index in [1.165, 1.54) is 7.11 Å². The van der Waals surface area contributed by atoms with Crippen molar-refractivity contribution >= 4 is 45.2 Å². The first-order chi connectivity index (χ1) is 15.9. The SMILES string of the molecule is COC(=O)c1ccc(CN2C(=O)c3ccc(Cl)cc3CC(=O)[C@H]2Cc2ccccn2)cc1Br. The number of ketones is 1. The van der Waals surface area contributed by atoms with Gasteiger partial charge in [0, 0.05) is 46.3 Å². The minimum absolute atomic E-state index is 0.0831. The first-order valence-corrected chi connectivity index (χ1v) is 11.4. The van der Waals surface area contributed by atoms with Gasteiger partial charge in [0.05, 0.1) is 18.7 Å². The van der Waals surface area contributed by atoms with Crippen molar-refractivity contribution in [2.45, 2.75) is 25.4 Å². The summed E-state index contributed by atoms with van der Waals surface area (Å²) in [6.07, 6.45) is 2.08. The van der Waals surface area contributed by atoms with E-state index in [1.807, 2.05) is 12.1 Å². The number of aromatic nitrogens is 1. The maximum Gasteiger partial charge on any atom is 0.339 e. The van der Waals surface area contributed by atoms with Gasteiger partial charge in [0.15, 0.2) is 5.78 Å². The van der Waals surface area contributed by atoms with Crippen LogP contribution in [0.4, 0.5) is 0 Å². The highest BCUT2D eigenvalue weighted by atomic mass is 79.9. The Balaban J connectivity index is 1.73. The third-order valence-electron chi connectivity index (χ3n) is 5.59. The quantitative estimate of drug-likeness (QED) is 0.451. The molecule has 2 aromatic carbocycles. The second-order valence-corrected chi connectivity index (χ2v) is 9.02. The molecule has 0 aliphatic carbocycles. The summed E-state index contributed by atoms with van der Waals surface area (Å²) in [4.78, 5) is 44.8. The van der Waals surface area contributed by atoms with Gasteiger partial charge in [-0.3, -0.25) is 14.6 Å². The van der Waals surface area contributed by atoms with Crippen molar-refractivity contribution in [3.8, 4) is 0 Å². The van der Waals surface area contributed by atoms with Crippen LogP contribution < -0.4 is 0 Å². The van der Waals surface area contributed by atoms with Crippen LogP contribution >= 0.6 is 27.5 Å². The van der Waals surface area contributed by atoms with Crippen LogP contribution in [0.1, 0.15) is 37.5 Å². The maximum absolute atomic E-state index is 13.6. The molecular formula is C25H20BrClN2O4. The molecule has 1 aliphatic rings. The first kappa shape index (κ1) is 23.1. The number of benzene rings is 2. The lowest BCUT2D eigenvalue weighted by Gasteiger charge is -2.29. The summed E-state index contributed by atoms with van der Waals surface area (Å²) >= 11 is 9.54. The average molecular weight is 528 g/mol. The molecular weight excluding hydrogens is 508 g/mol. The van der Waals surface area contributed by atoms with Crippen molar-refractivity contribution in [3.05, 3.63) is 98.2 Å². The van der Waals surface area contributed by atoms with E-state index in [9.17, 15) is 14.4 Å². The third kappa shape index (κ3) is 4.99. The van der Waals surface area contributed by atoms with Gasteiger partial charge in [0.1, 0.15) is 0 Å². The number of fused-ring (bicyclic) bond motifs is 1. The summed E-state index contributed by atoms with van der Waals surface area (Å²) in [7, 11) is 1.32. The molecule has 8 heteroatoms. The van der Waals surface area contributed by atoms with Crippen LogP contribution in [0.25, 0.3) is 0 Å². The second-order valence-electron chi connectivity index (χ2n) is 7.72. The fourth-order valence-corrected chi connectivity index (χ4v) is 4.73. The molecule has 168 valence electrons. The van der Waals surface area contributed by atoms with Crippen LogP contribution in [-0.4, -0.2) is 40.7 Å². The molecule has 0 saturated heterocycles. The van der Waals surface area contributed by atoms with Crippen molar-refractivity contribution in [1.82, 2.24) is 9.88 Å². The van der Waals surface area contributed by atoms with E-state index >= 15 is 0 Å². The lowest BCUT2D eigenvalue weighted by Crippen LogP contribution is -2.45. The van der Waals surface area contributed by atoms with Crippen molar-refractivity contribution < 1.29 is 19.1 Å². The van der Waals surface area contributed by atoms with Gasteiger partial charge >= 0.3 is 5.97 Å². The number of halogens is 2. The lowest BCUT2D eigenvalue weighted by molar-refractivity contribution is -0.122. The Kier molecular flexibility index (Phi) is 6.91. The van der Waals surface area contributed by atoms with Crippen LogP contribution in [0.3, 0.4) is 0 Å². The number of methoxy groups -OCH3 is 1. The zero-order valence-corrected chi connectivity index (χ0v) is 20.1. The van der Waals surface area contributed by atoms with Crippen LogP contribution in [0.2, 0.25) is 5.02 Å². The standard InChI is InChI=1S/C25H20BrClN2O4/c1-33-25(32)20-7-5-15(10-21(20)26)14-29-22(13-18-4-2-3-9-28-18)23(30)12-16-11-17(27)6-8-19(16)24(29)31/h2-11,22H,12-14H2,1H3/t22-/m1/s1. The Morgan fingerprint density at radius 3 is 2.70 bits per heavy atom. The first-order valence-electron chi connectivity index (χ1n) is 10.3. The number of nitrogens with zero attached hydrogens (tertiary/aromatic N) is 2. The Morgan fingerprint density at radius 2 is 2.00 bits per heavy atom. The van der Waals surface area contributed by atoms with E-state index in [0.29, 0.717) is 32.6 Å².